The Morgan fingerprint density at radius 2 is 1.74 bits per heavy atom. The van der Waals surface area contributed by atoms with Crippen LogP contribution in [0.25, 0.3) is 0 Å². The molecule has 168 valence electrons. The van der Waals surface area contributed by atoms with E-state index in [2.05, 4.69) is 50.4 Å². The summed E-state index contributed by atoms with van der Waals surface area (Å²) < 4.78 is 0. The number of hydrogen-bond donors (Lipinski definition) is 1. The zero-order valence-corrected chi connectivity index (χ0v) is 19.6. The summed E-state index contributed by atoms with van der Waals surface area (Å²) in [6.45, 7) is 7.67. The lowest BCUT2D eigenvalue weighted by Gasteiger charge is -2.64. The Hall–Kier alpha value is -1.64. The fraction of sp³-hybridized carbons (Fsp3) is 0.714. The van der Waals surface area contributed by atoms with Crippen molar-refractivity contribution in [3.8, 4) is 0 Å². The van der Waals surface area contributed by atoms with Gasteiger partial charge in [-0.15, -0.1) is 0 Å². The van der Waals surface area contributed by atoms with Crippen LogP contribution in [0.1, 0.15) is 84.1 Å². The Morgan fingerprint density at radius 1 is 1.00 bits per heavy atom. The quantitative estimate of drug-likeness (QED) is 0.676. The summed E-state index contributed by atoms with van der Waals surface area (Å²) in [4.78, 5) is 26.5. The third kappa shape index (κ3) is 3.13. The second kappa shape index (κ2) is 7.18. The zero-order chi connectivity index (χ0) is 21.9. The molecule has 0 heterocycles. The second-order valence-electron chi connectivity index (χ2n) is 12.2. The SMILES string of the molecule is C[C@@]12CC[C@@H]3[C@@](CC[C@H]4[C@@]3(C)CCC[C@@]4(C)C(=O)NCCc3ccccc3)(CC1=O)C2. The molecule has 0 aliphatic heterocycles. The van der Waals surface area contributed by atoms with Crippen LogP contribution in [0.2, 0.25) is 0 Å². The molecule has 0 radical (unpaired) electrons. The molecular weight excluding hydrogens is 382 g/mol. The number of carbonyl (C=O) groups is 2. The molecule has 5 rings (SSSR count). The maximum atomic E-state index is 13.6. The topological polar surface area (TPSA) is 46.2 Å². The van der Waals surface area contributed by atoms with Crippen molar-refractivity contribution in [2.24, 2.45) is 33.5 Å². The minimum atomic E-state index is -0.283. The van der Waals surface area contributed by atoms with Gasteiger partial charge in [-0.3, -0.25) is 9.59 Å². The van der Waals surface area contributed by atoms with Crippen molar-refractivity contribution in [2.75, 3.05) is 6.54 Å². The summed E-state index contributed by atoms with van der Waals surface area (Å²) in [5.41, 5.74) is 1.34. The first-order valence-corrected chi connectivity index (χ1v) is 12.6. The van der Waals surface area contributed by atoms with E-state index in [1.165, 1.54) is 18.4 Å². The second-order valence-corrected chi connectivity index (χ2v) is 12.2. The van der Waals surface area contributed by atoms with E-state index in [0.717, 1.165) is 51.4 Å². The Labute approximate surface area is 187 Å². The van der Waals surface area contributed by atoms with E-state index in [1.54, 1.807) is 0 Å². The van der Waals surface area contributed by atoms with Crippen LogP contribution in [-0.4, -0.2) is 18.2 Å². The zero-order valence-electron chi connectivity index (χ0n) is 19.6. The molecule has 0 saturated heterocycles. The minimum Gasteiger partial charge on any atom is -0.355 e. The molecule has 4 fully saturated rings. The van der Waals surface area contributed by atoms with E-state index >= 15 is 0 Å². The molecule has 31 heavy (non-hydrogen) atoms. The van der Waals surface area contributed by atoms with Gasteiger partial charge in [-0.25, -0.2) is 0 Å². The first-order valence-electron chi connectivity index (χ1n) is 12.6. The van der Waals surface area contributed by atoms with Gasteiger partial charge in [0.05, 0.1) is 0 Å². The van der Waals surface area contributed by atoms with E-state index in [-0.39, 0.29) is 27.6 Å². The Balaban J connectivity index is 1.34. The summed E-state index contributed by atoms with van der Waals surface area (Å²) in [6, 6.07) is 10.4. The fourth-order valence-corrected chi connectivity index (χ4v) is 8.94. The van der Waals surface area contributed by atoms with Gasteiger partial charge in [-0.05, 0) is 79.6 Å². The third-order valence-electron chi connectivity index (χ3n) is 10.4. The molecular formula is C28H39NO2. The van der Waals surface area contributed by atoms with Crippen molar-refractivity contribution in [3.63, 3.8) is 0 Å². The van der Waals surface area contributed by atoms with E-state index in [9.17, 15) is 9.59 Å². The van der Waals surface area contributed by atoms with Crippen molar-refractivity contribution in [3.05, 3.63) is 35.9 Å². The normalized spacial score (nSPS) is 43.8. The van der Waals surface area contributed by atoms with Gasteiger partial charge in [0.1, 0.15) is 5.78 Å². The third-order valence-corrected chi connectivity index (χ3v) is 10.4. The van der Waals surface area contributed by atoms with E-state index in [4.69, 9.17) is 0 Å². The summed E-state index contributed by atoms with van der Waals surface area (Å²) in [6.07, 6.45) is 10.6. The number of benzene rings is 1. The number of fused-ring (bicyclic) bond motifs is 3. The summed E-state index contributed by atoms with van der Waals surface area (Å²) in [5, 5.41) is 3.32. The van der Waals surface area contributed by atoms with Gasteiger partial charge >= 0.3 is 0 Å². The van der Waals surface area contributed by atoms with Gasteiger partial charge in [0, 0.05) is 23.8 Å². The average Bonchev–Trinajstić information content (AvgIpc) is 2.92. The molecule has 4 saturated carbocycles. The van der Waals surface area contributed by atoms with Gasteiger partial charge in [0.25, 0.3) is 0 Å². The molecule has 4 aliphatic carbocycles. The molecule has 1 spiro atoms. The molecule has 1 aromatic rings. The first kappa shape index (κ1) is 21.2. The predicted octanol–water partition coefficient (Wildman–Crippen LogP) is 5.72. The van der Waals surface area contributed by atoms with E-state index < -0.39 is 0 Å². The van der Waals surface area contributed by atoms with Crippen molar-refractivity contribution >= 4 is 11.7 Å². The lowest BCUT2D eigenvalue weighted by Crippen LogP contribution is -2.60. The van der Waals surface area contributed by atoms with Crippen molar-refractivity contribution in [1.82, 2.24) is 5.32 Å². The number of rotatable bonds is 4. The largest absolute Gasteiger partial charge is 0.355 e. The number of carbonyl (C=O) groups excluding carboxylic acids is 2. The van der Waals surface area contributed by atoms with Crippen LogP contribution in [0.4, 0.5) is 0 Å². The van der Waals surface area contributed by atoms with Crippen LogP contribution >= 0.6 is 0 Å². The summed E-state index contributed by atoms with van der Waals surface area (Å²) in [7, 11) is 0. The Morgan fingerprint density at radius 3 is 2.52 bits per heavy atom. The smallest absolute Gasteiger partial charge is 0.226 e. The Kier molecular flexibility index (Phi) is 4.92. The fourth-order valence-electron chi connectivity index (χ4n) is 8.94. The molecule has 0 unspecified atom stereocenters. The molecule has 1 amide bonds. The predicted molar refractivity (Wildman–Crippen MR) is 123 cm³/mol. The summed E-state index contributed by atoms with van der Waals surface area (Å²) >= 11 is 0. The van der Waals surface area contributed by atoms with Crippen LogP contribution in [0.3, 0.4) is 0 Å². The van der Waals surface area contributed by atoms with E-state index in [0.29, 0.717) is 24.2 Å². The monoisotopic (exact) mass is 421 g/mol. The van der Waals surface area contributed by atoms with Crippen LogP contribution in [0, 0.1) is 33.5 Å². The standard InChI is InChI=1S/C28H39NO2/c1-25-15-10-22-26(2)13-7-14-27(3,21(26)11-16-28(22,19-25)18-23(25)30)24(31)29-17-12-20-8-5-4-6-9-20/h4-6,8-9,21-22H,7,10-19H2,1-3H3,(H,29,31)/t21-,22-,25-,26+,27+,28-/m0/s1. The highest BCUT2D eigenvalue weighted by Gasteiger charge is 2.67. The van der Waals surface area contributed by atoms with Crippen molar-refractivity contribution in [2.45, 2.75) is 85.0 Å². The number of nitrogens with one attached hydrogen (secondary N) is 1. The maximum absolute atomic E-state index is 13.6. The highest BCUT2D eigenvalue weighted by Crippen LogP contribution is 2.72. The lowest BCUT2D eigenvalue weighted by atomic mass is 9.40. The molecule has 4 aliphatic rings. The van der Waals surface area contributed by atoms with Crippen LogP contribution in [0.15, 0.2) is 30.3 Å². The highest BCUT2D eigenvalue weighted by atomic mass is 16.2. The van der Waals surface area contributed by atoms with Crippen LogP contribution in [0.5, 0.6) is 0 Å². The van der Waals surface area contributed by atoms with Crippen molar-refractivity contribution < 1.29 is 9.59 Å². The maximum Gasteiger partial charge on any atom is 0.226 e. The molecule has 2 bridgehead atoms. The molecule has 3 heteroatoms. The van der Waals surface area contributed by atoms with E-state index in [1.807, 2.05) is 6.07 Å². The minimum absolute atomic E-state index is 0.0630. The number of amides is 1. The lowest BCUT2D eigenvalue weighted by molar-refractivity contribution is -0.170. The van der Waals surface area contributed by atoms with Crippen LogP contribution in [-0.2, 0) is 16.0 Å². The molecule has 3 nitrogen and oxygen atoms in total. The van der Waals surface area contributed by atoms with Gasteiger partial charge in [0.15, 0.2) is 0 Å². The highest BCUT2D eigenvalue weighted by molar-refractivity contribution is 5.88. The molecule has 6 atom stereocenters. The number of Topliss-reactive ketones (excluding diaryl/α,β-unsaturated/α-hetero) is 1. The summed E-state index contributed by atoms with van der Waals surface area (Å²) in [5.74, 6) is 1.82. The van der Waals surface area contributed by atoms with Gasteiger partial charge in [0.2, 0.25) is 5.91 Å². The van der Waals surface area contributed by atoms with Gasteiger partial charge in [-0.2, -0.15) is 0 Å². The molecule has 1 aromatic carbocycles. The average molecular weight is 422 g/mol. The number of ketones is 1. The Bertz CT molecular complexity index is 880. The number of hydrogen-bond acceptors (Lipinski definition) is 2. The first-order chi connectivity index (χ1) is 14.7. The van der Waals surface area contributed by atoms with Gasteiger partial charge in [-0.1, -0.05) is 57.5 Å². The van der Waals surface area contributed by atoms with Crippen LogP contribution < -0.4 is 5.32 Å². The molecule has 1 N–H and O–H groups in total. The van der Waals surface area contributed by atoms with Crippen molar-refractivity contribution in [1.29, 1.82) is 0 Å². The van der Waals surface area contributed by atoms with Gasteiger partial charge < -0.3 is 5.32 Å². The molecule has 0 aromatic heterocycles.